The van der Waals surface area contributed by atoms with Gasteiger partial charge in [-0.2, -0.15) is 13.2 Å². The van der Waals surface area contributed by atoms with Crippen molar-refractivity contribution >= 4 is 35.2 Å². The third-order valence-electron chi connectivity index (χ3n) is 4.51. The van der Waals surface area contributed by atoms with Gasteiger partial charge in [0.15, 0.2) is 0 Å². The highest BCUT2D eigenvalue weighted by Gasteiger charge is 2.48. The van der Waals surface area contributed by atoms with E-state index in [1.54, 1.807) is 12.1 Å². The minimum Gasteiger partial charge on any atom is -0.475 e. The Bertz CT molecular complexity index is 984. The highest BCUT2D eigenvalue weighted by Crippen LogP contribution is 2.40. The van der Waals surface area contributed by atoms with Crippen LogP contribution in [0.1, 0.15) is 29.2 Å². The lowest BCUT2D eigenvalue weighted by Gasteiger charge is -2.28. The molecule has 2 aromatic carbocycles. The Kier molecular flexibility index (Phi) is 6.15. The number of aryl methyl sites for hydroxylation is 1. The Morgan fingerprint density at radius 3 is 2.52 bits per heavy atom. The predicted molar refractivity (Wildman–Crippen MR) is 106 cm³/mol. The third-order valence-corrected chi connectivity index (χ3v) is 5.10. The van der Waals surface area contributed by atoms with Crippen LogP contribution in [0.25, 0.3) is 6.08 Å². The van der Waals surface area contributed by atoms with Crippen molar-refractivity contribution in [1.82, 2.24) is 0 Å². The van der Waals surface area contributed by atoms with E-state index >= 15 is 0 Å². The Balaban J connectivity index is 2.01. The largest absolute Gasteiger partial charge is 0.475 e. The van der Waals surface area contributed by atoms with Crippen molar-refractivity contribution in [3.05, 3.63) is 68.2 Å². The van der Waals surface area contributed by atoms with E-state index in [1.807, 2.05) is 13.0 Å². The lowest BCUT2D eigenvalue weighted by atomic mass is 9.96. The number of esters is 1. The smallest absolute Gasteiger partial charge is 0.430 e. The van der Waals surface area contributed by atoms with Crippen LogP contribution >= 0.6 is 23.2 Å². The van der Waals surface area contributed by atoms with Gasteiger partial charge in [0.2, 0.25) is 6.10 Å². The van der Waals surface area contributed by atoms with Crippen LogP contribution in [-0.4, -0.2) is 24.9 Å². The van der Waals surface area contributed by atoms with Crippen molar-refractivity contribution in [2.75, 3.05) is 6.61 Å². The maximum absolute atomic E-state index is 13.5. The highest BCUT2D eigenvalue weighted by molar-refractivity contribution is 6.31. The first kappa shape index (κ1) is 21.5. The summed E-state index contributed by atoms with van der Waals surface area (Å²) in [7, 11) is 0. The van der Waals surface area contributed by atoms with Gasteiger partial charge in [-0.05, 0) is 67.3 Å². The summed E-state index contributed by atoms with van der Waals surface area (Å²) < 4.78 is 50.4. The number of carbonyl (C=O) groups excluding carboxylic acids is 1. The monoisotopic (exact) mass is 444 g/mol. The summed E-state index contributed by atoms with van der Waals surface area (Å²) in [4.78, 5) is 12.0. The van der Waals surface area contributed by atoms with E-state index in [0.717, 1.165) is 17.2 Å². The fourth-order valence-electron chi connectivity index (χ4n) is 3.08. The first-order chi connectivity index (χ1) is 13.6. The van der Waals surface area contributed by atoms with Crippen LogP contribution in [-0.2, 0) is 16.0 Å². The molecular formula is C21H17Cl2F3O3. The average Bonchev–Trinajstić information content (AvgIpc) is 2.63. The van der Waals surface area contributed by atoms with E-state index in [9.17, 15) is 18.0 Å². The molecule has 1 aliphatic heterocycles. The minimum absolute atomic E-state index is 0.00592. The zero-order valence-electron chi connectivity index (χ0n) is 15.6. The van der Waals surface area contributed by atoms with Crippen molar-refractivity contribution in [2.45, 2.75) is 32.5 Å². The Hall–Kier alpha value is -2.18. The number of ether oxygens (including phenoxy) is 2. The van der Waals surface area contributed by atoms with Crippen LogP contribution in [0.2, 0.25) is 10.0 Å². The van der Waals surface area contributed by atoms with Crippen molar-refractivity contribution in [3.63, 3.8) is 0 Å². The second-order valence-electron chi connectivity index (χ2n) is 6.59. The molecular weight excluding hydrogens is 428 g/mol. The van der Waals surface area contributed by atoms with Crippen LogP contribution in [0, 0.1) is 6.92 Å². The Morgan fingerprint density at radius 2 is 1.90 bits per heavy atom. The number of hydrogen-bond donors (Lipinski definition) is 0. The van der Waals surface area contributed by atoms with E-state index in [-0.39, 0.29) is 17.9 Å². The molecule has 0 fully saturated rings. The topological polar surface area (TPSA) is 35.5 Å². The first-order valence-electron chi connectivity index (χ1n) is 8.79. The van der Waals surface area contributed by atoms with Gasteiger partial charge in [0.05, 0.1) is 12.2 Å². The molecule has 154 valence electrons. The molecule has 0 N–H and O–H groups in total. The summed E-state index contributed by atoms with van der Waals surface area (Å²) in [6.45, 7) is 3.35. The molecule has 0 aromatic heterocycles. The third kappa shape index (κ3) is 4.70. The molecule has 1 unspecified atom stereocenters. The predicted octanol–water partition coefficient (Wildman–Crippen LogP) is 6.16. The number of carbonyl (C=O) groups is 1. The fraction of sp³-hybridized carbons (Fsp3) is 0.286. The molecule has 0 spiro atoms. The normalized spacial score (nSPS) is 16.0. The molecule has 29 heavy (non-hydrogen) atoms. The lowest BCUT2D eigenvalue weighted by molar-refractivity contribution is -0.187. The summed E-state index contributed by atoms with van der Waals surface area (Å²) >= 11 is 12.3. The van der Waals surface area contributed by atoms with E-state index in [2.05, 4.69) is 0 Å². The fourth-order valence-corrected chi connectivity index (χ4v) is 3.55. The molecule has 3 nitrogen and oxygen atoms in total. The molecule has 1 aliphatic rings. The highest BCUT2D eigenvalue weighted by atomic mass is 35.5. The second-order valence-corrected chi connectivity index (χ2v) is 7.43. The number of benzene rings is 2. The quantitative estimate of drug-likeness (QED) is 0.529. The van der Waals surface area contributed by atoms with Gasteiger partial charge in [-0.15, -0.1) is 0 Å². The summed E-state index contributed by atoms with van der Waals surface area (Å²) in [5.41, 5.74) is 2.15. The molecule has 2 aromatic rings. The molecule has 0 saturated heterocycles. The molecule has 0 aliphatic carbocycles. The zero-order chi connectivity index (χ0) is 21.3. The molecule has 8 heteroatoms. The molecule has 1 heterocycles. The van der Waals surface area contributed by atoms with Gasteiger partial charge < -0.3 is 9.47 Å². The molecule has 1 atom stereocenters. The maximum Gasteiger partial charge on any atom is 0.430 e. The molecule has 0 bridgehead atoms. The van der Waals surface area contributed by atoms with Gasteiger partial charge in [-0.3, -0.25) is 0 Å². The van der Waals surface area contributed by atoms with E-state index in [1.165, 1.54) is 19.1 Å². The van der Waals surface area contributed by atoms with E-state index in [0.29, 0.717) is 22.0 Å². The lowest BCUT2D eigenvalue weighted by Crippen LogP contribution is -2.40. The van der Waals surface area contributed by atoms with Gasteiger partial charge in [0, 0.05) is 15.6 Å². The second kappa shape index (κ2) is 8.28. The molecule has 3 rings (SSSR count). The Labute approximate surface area is 176 Å². The number of alkyl halides is 3. The first-order valence-corrected chi connectivity index (χ1v) is 9.55. The summed E-state index contributed by atoms with van der Waals surface area (Å²) in [5, 5.41) is 0.947. The van der Waals surface area contributed by atoms with Crippen molar-refractivity contribution < 1.29 is 27.4 Å². The number of rotatable bonds is 4. The summed E-state index contributed by atoms with van der Waals surface area (Å²) in [5.74, 6) is -1.07. The van der Waals surface area contributed by atoms with Crippen LogP contribution in [0.5, 0.6) is 5.75 Å². The summed E-state index contributed by atoms with van der Waals surface area (Å²) in [6, 6.07) is 8.34. The Morgan fingerprint density at radius 1 is 1.17 bits per heavy atom. The molecule has 0 saturated carbocycles. The van der Waals surface area contributed by atoms with Gasteiger partial charge in [0.25, 0.3) is 0 Å². The standard InChI is InChI=1S/C21H17Cl2F3O3/c1-3-28-20(27)16-8-14-9-17(23)13(7-12-4-5-15(22)6-11(12)2)10-18(14)29-19(16)21(24,25)26/h4-6,8-10,19H,3,7H2,1-2H3. The van der Waals surface area contributed by atoms with Crippen LogP contribution < -0.4 is 4.74 Å². The molecule has 0 radical (unpaired) electrons. The van der Waals surface area contributed by atoms with Gasteiger partial charge >= 0.3 is 12.1 Å². The SMILES string of the molecule is CCOC(=O)C1=Cc2cc(Cl)c(Cc3ccc(Cl)cc3C)cc2OC1C(F)(F)F. The zero-order valence-corrected chi connectivity index (χ0v) is 17.1. The molecule has 0 amide bonds. The van der Waals surface area contributed by atoms with E-state index in [4.69, 9.17) is 32.7 Å². The van der Waals surface area contributed by atoms with Crippen molar-refractivity contribution in [3.8, 4) is 5.75 Å². The maximum atomic E-state index is 13.5. The summed E-state index contributed by atoms with van der Waals surface area (Å²) in [6.07, 6.45) is -5.66. The van der Waals surface area contributed by atoms with Gasteiger partial charge in [-0.25, -0.2) is 4.79 Å². The number of halogens is 5. The van der Waals surface area contributed by atoms with E-state index < -0.39 is 23.8 Å². The number of hydrogen-bond acceptors (Lipinski definition) is 3. The van der Waals surface area contributed by atoms with Crippen LogP contribution in [0.3, 0.4) is 0 Å². The van der Waals surface area contributed by atoms with Gasteiger partial charge in [0.1, 0.15) is 5.75 Å². The number of fused-ring (bicyclic) bond motifs is 1. The minimum atomic E-state index is -4.77. The van der Waals surface area contributed by atoms with Crippen LogP contribution in [0.15, 0.2) is 35.9 Å². The average molecular weight is 445 g/mol. The van der Waals surface area contributed by atoms with Crippen LogP contribution in [0.4, 0.5) is 13.2 Å². The van der Waals surface area contributed by atoms with Gasteiger partial charge in [-0.1, -0.05) is 29.3 Å². The van der Waals surface area contributed by atoms with Crippen molar-refractivity contribution in [1.29, 1.82) is 0 Å². The van der Waals surface area contributed by atoms with Crippen molar-refractivity contribution in [2.24, 2.45) is 0 Å².